The first-order chi connectivity index (χ1) is 20.7. The normalized spacial score (nSPS) is 13.6. The quantitative estimate of drug-likeness (QED) is 0.209. The van der Waals surface area contributed by atoms with Crippen LogP contribution < -0.4 is 26.8 Å². The van der Waals surface area contributed by atoms with E-state index in [1.54, 1.807) is 23.1 Å². The predicted molar refractivity (Wildman–Crippen MR) is 156 cm³/mol. The molecule has 1 aliphatic rings. The Morgan fingerprint density at radius 2 is 1.86 bits per heavy atom. The number of aliphatic hydroxyl groups is 1. The zero-order valence-corrected chi connectivity index (χ0v) is 22.8. The number of fused-ring (bicyclic) bond motifs is 1. The van der Waals surface area contributed by atoms with E-state index in [4.69, 9.17) is 10.8 Å². The molecule has 1 fully saturated rings. The lowest BCUT2D eigenvalue weighted by atomic mass is 10.2. The summed E-state index contributed by atoms with van der Waals surface area (Å²) < 4.78 is 31.6. The van der Waals surface area contributed by atoms with Crippen LogP contribution in [0.2, 0.25) is 0 Å². The van der Waals surface area contributed by atoms with E-state index in [1.807, 2.05) is 4.90 Å². The van der Waals surface area contributed by atoms with E-state index < -0.39 is 34.8 Å². The Hall–Kier alpha value is -5.28. The van der Waals surface area contributed by atoms with E-state index in [1.165, 1.54) is 22.8 Å². The van der Waals surface area contributed by atoms with Crippen LogP contribution in [0.4, 0.5) is 31.8 Å². The van der Waals surface area contributed by atoms with Crippen LogP contribution in [0.5, 0.6) is 0 Å². The number of benzene rings is 2. The first-order valence-electron chi connectivity index (χ1n) is 13.2. The number of halogens is 2. The van der Waals surface area contributed by atoms with Crippen molar-refractivity contribution in [3.8, 4) is 5.69 Å². The number of nitrogens with one attached hydrogen (secondary N) is 2. The molecule has 2 aromatic heterocycles. The van der Waals surface area contributed by atoms with Crippen LogP contribution in [-0.4, -0.2) is 80.7 Å². The second-order valence-electron chi connectivity index (χ2n) is 9.55. The molecule has 3 heterocycles. The van der Waals surface area contributed by atoms with Crippen molar-refractivity contribution in [3.63, 3.8) is 0 Å². The van der Waals surface area contributed by atoms with Gasteiger partial charge in [0.25, 0.3) is 11.5 Å². The van der Waals surface area contributed by atoms with E-state index in [0.29, 0.717) is 38.4 Å². The molecular formula is C28H27F2N9O4. The third-order valence-electron chi connectivity index (χ3n) is 6.85. The second-order valence-corrected chi connectivity index (χ2v) is 9.55. The Bertz CT molecular complexity index is 1790. The number of aromatic nitrogens is 4. The summed E-state index contributed by atoms with van der Waals surface area (Å²) in [6.07, 6.45) is 2.22. The minimum absolute atomic E-state index is 0.0248. The van der Waals surface area contributed by atoms with E-state index in [9.17, 15) is 14.4 Å². The lowest BCUT2D eigenvalue weighted by Gasteiger charge is -2.36. The first-order valence-corrected chi connectivity index (χ1v) is 13.2. The van der Waals surface area contributed by atoms with Gasteiger partial charge in [-0.15, -0.1) is 0 Å². The number of amides is 2. The molecule has 43 heavy (non-hydrogen) atoms. The first kappa shape index (κ1) is 29.2. The number of aliphatic hydroxyl groups excluding tert-OH is 1. The van der Waals surface area contributed by atoms with Crippen molar-refractivity contribution in [1.82, 2.24) is 24.4 Å². The topological polar surface area (TPSA) is 172 Å². The number of piperazine rings is 1. The fourth-order valence-electron chi connectivity index (χ4n) is 4.74. The van der Waals surface area contributed by atoms with Crippen molar-refractivity contribution in [1.29, 1.82) is 0 Å². The lowest BCUT2D eigenvalue weighted by molar-refractivity contribution is -0.111. The summed E-state index contributed by atoms with van der Waals surface area (Å²) in [4.78, 5) is 52.8. The maximum atomic E-state index is 15.2. The average Bonchev–Trinajstić information content (AvgIpc) is 3.00. The molecule has 5 rings (SSSR count). The molecule has 15 heteroatoms. The molecule has 1 saturated heterocycles. The maximum absolute atomic E-state index is 15.2. The number of carbonyl (C=O) groups excluding carboxylic acids is 2. The van der Waals surface area contributed by atoms with Gasteiger partial charge in [0, 0.05) is 44.6 Å². The number of nitrogens with two attached hydrogens (primary N) is 1. The molecule has 2 aromatic carbocycles. The molecule has 0 bridgehead atoms. The van der Waals surface area contributed by atoms with Crippen LogP contribution >= 0.6 is 0 Å². The fourth-order valence-corrected chi connectivity index (χ4v) is 4.74. The number of nitrogens with zero attached hydrogens (tertiary/aromatic N) is 6. The third kappa shape index (κ3) is 6.02. The minimum atomic E-state index is -1.16. The zero-order valence-electron chi connectivity index (χ0n) is 22.8. The standard InChI is InChI=1S/C28H27F2N9O4/c1-2-21(41)33-16-4-3-5-17(14-16)39-25-18(27(43)35-26(39)24(31)42)15-32-28(36-25)34-19-6-7-20(23(30)22(19)29)38-10-8-37(9-11-38)12-13-40/h2-7,14-15,40H,1,8-13H2,(H2,31,42)(H,33,41)(H,32,34,36). The second kappa shape index (κ2) is 12.3. The number of β-amino-alcohol motifs (C(OH)–C–C–N with tert-alkyl or cyclic N) is 1. The highest BCUT2D eigenvalue weighted by Crippen LogP contribution is 2.29. The highest BCUT2D eigenvalue weighted by Gasteiger charge is 2.24. The molecule has 0 unspecified atom stereocenters. The van der Waals surface area contributed by atoms with Gasteiger partial charge in [-0.3, -0.25) is 23.9 Å². The van der Waals surface area contributed by atoms with Crippen molar-refractivity contribution >= 4 is 45.9 Å². The predicted octanol–water partition coefficient (Wildman–Crippen LogP) is 1.54. The molecule has 4 aromatic rings. The molecule has 0 saturated carbocycles. The van der Waals surface area contributed by atoms with Crippen molar-refractivity contribution in [2.75, 3.05) is 54.9 Å². The van der Waals surface area contributed by atoms with Crippen molar-refractivity contribution in [2.24, 2.45) is 5.73 Å². The number of primary amides is 1. The largest absolute Gasteiger partial charge is 0.395 e. The average molecular weight is 592 g/mol. The van der Waals surface area contributed by atoms with Gasteiger partial charge in [-0.1, -0.05) is 12.6 Å². The third-order valence-corrected chi connectivity index (χ3v) is 6.85. The zero-order chi connectivity index (χ0) is 30.7. The van der Waals surface area contributed by atoms with Gasteiger partial charge in [0.05, 0.1) is 23.7 Å². The van der Waals surface area contributed by atoms with Gasteiger partial charge < -0.3 is 26.4 Å². The summed E-state index contributed by atoms with van der Waals surface area (Å²) in [5.74, 6) is -4.38. The number of hydrogen-bond acceptors (Lipinski definition) is 10. The van der Waals surface area contributed by atoms with Crippen molar-refractivity contribution in [3.05, 3.63) is 83.1 Å². The Kier molecular flexibility index (Phi) is 8.36. The number of rotatable bonds is 9. The Labute approximate surface area is 243 Å². The molecule has 1 aliphatic heterocycles. The van der Waals surface area contributed by atoms with Gasteiger partial charge in [-0.05, 0) is 36.4 Å². The fraction of sp³-hybridized carbons (Fsp3) is 0.214. The van der Waals surface area contributed by atoms with E-state index in [-0.39, 0.29) is 40.7 Å². The van der Waals surface area contributed by atoms with Gasteiger partial charge in [0.15, 0.2) is 17.3 Å². The van der Waals surface area contributed by atoms with E-state index in [2.05, 4.69) is 32.2 Å². The molecule has 5 N–H and O–H groups in total. The Balaban J connectivity index is 1.52. The van der Waals surface area contributed by atoms with Gasteiger partial charge in [-0.2, -0.15) is 9.97 Å². The van der Waals surface area contributed by atoms with Crippen molar-refractivity contribution in [2.45, 2.75) is 0 Å². The molecule has 0 spiro atoms. The summed E-state index contributed by atoms with van der Waals surface area (Å²) in [7, 11) is 0. The Morgan fingerprint density at radius 1 is 1.09 bits per heavy atom. The van der Waals surface area contributed by atoms with Crippen LogP contribution in [0, 0.1) is 11.6 Å². The van der Waals surface area contributed by atoms with Gasteiger partial charge >= 0.3 is 0 Å². The minimum Gasteiger partial charge on any atom is -0.395 e. The van der Waals surface area contributed by atoms with Gasteiger partial charge in [-0.25, -0.2) is 13.8 Å². The van der Waals surface area contributed by atoms with Crippen LogP contribution in [0.3, 0.4) is 0 Å². The lowest BCUT2D eigenvalue weighted by Crippen LogP contribution is -2.47. The Morgan fingerprint density at radius 3 is 2.56 bits per heavy atom. The van der Waals surface area contributed by atoms with Gasteiger partial charge in [0.2, 0.25) is 17.7 Å². The summed E-state index contributed by atoms with van der Waals surface area (Å²) >= 11 is 0. The van der Waals surface area contributed by atoms with E-state index in [0.717, 1.165) is 12.3 Å². The molecule has 0 aliphatic carbocycles. The molecule has 0 radical (unpaired) electrons. The molecule has 222 valence electrons. The SMILES string of the molecule is C=CC(=O)Nc1cccc(-n2c(C(N)=O)nc(=O)c3cnc(Nc4ccc(N5CCN(CCO)CC5)c(F)c4F)nc32)c1. The van der Waals surface area contributed by atoms with Crippen LogP contribution in [0.25, 0.3) is 16.7 Å². The smallest absolute Gasteiger partial charge is 0.285 e. The maximum Gasteiger partial charge on any atom is 0.285 e. The monoisotopic (exact) mass is 591 g/mol. The molecule has 2 amide bonds. The highest BCUT2D eigenvalue weighted by molar-refractivity contribution is 5.99. The summed E-state index contributed by atoms with van der Waals surface area (Å²) in [5, 5.41) is 14.3. The summed E-state index contributed by atoms with van der Waals surface area (Å²) in [6, 6.07) is 9.01. The number of carbonyl (C=O) groups is 2. The summed E-state index contributed by atoms with van der Waals surface area (Å²) in [6.45, 7) is 6.07. The molecule has 13 nitrogen and oxygen atoms in total. The van der Waals surface area contributed by atoms with Crippen LogP contribution in [0.15, 0.2) is 60.0 Å². The van der Waals surface area contributed by atoms with E-state index >= 15 is 8.78 Å². The molecular weight excluding hydrogens is 564 g/mol. The van der Waals surface area contributed by atoms with Gasteiger partial charge in [0.1, 0.15) is 5.39 Å². The van der Waals surface area contributed by atoms with Crippen molar-refractivity contribution < 1.29 is 23.5 Å². The van der Waals surface area contributed by atoms with Crippen LogP contribution in [-0.2, 0) is 4.79 Å². The highest BCUT2D eigenvalue weighted by atomic mass is 19.2. The number of hydrogen-bond donors (Lipinski definition) is 4. The van der Waals surface area contributed by atoms with Crippen LogP contribution in [0.1, 0.15) is 10.6 Å². The molecule has 0 atom stereocenters. The number of anilines is 4. The summed E-state index contributed by atoms with van der Waals surface area (Å²) in [5.41, 5.74) is 5.05.